The van der Waals surface area contributed by atoms with Crippen molar-refractivity contribution < 1.29 is 9.53 Å². The summed E-state index contributed by atoms with van der Waals surface area (Å²) in [5.74, 6) is -0.0754. The Kier molecular flexibility index (Phi) is 4.60. The highest BCUT2D eigenvalue weighted by Crippen LogP contribution is 2.15. The number of rotatable bonds is 5. The lowest BCUT2D eigenvalue weighted by Crippen LogP contribution is -2.28. The van der Waals surface area contributed by atoms with Crippen molar-refractivity contribution in [2.24, 2.45) is 0 Å². The van der Waals surface area contributed by atoms with Crippen LogP contribution in [0, 0.1) is 0 Å². The molecule has 0 fully saturated rings. The van der Waals surface area contributed by atoms with E-state index in [4.69, 9.17) is 16.2 Å². The maximum absolute atomic E-state index is 11.5. The van der Waals surface area contributed by atoms with Crippen LogP contribution in [-0.2, 0) is 16.0 Å². The molecule has 5 nitrogen and oxygen atoms in total. The molecule has 88 valence electrons. The first-order valence-corrected chi connectivity index (χ1v) is 5.03. The molecule has 0 aliphatic heterocycles. The fraction of sp³-hybridized carbons (Fsp3) is 0.364. The van der Waals surface area contributed by atoms with Crippen molar-refractivity contribution in [1.29, 1.82) is 0 Å². The first kappa shape index (κ1) is 12.3. The van der Waals surface area contributed by atoms with Gasteiger partial charge < -0.3 is 21.5 Å². The summed E-state index contributed by atoms with van der Waals surface area (Å²) in [6, 6.07) is 5.15. The molecule has 0 atom stereocenters. The van der Waals surface area contributed by atoms with Crippen LogP contribution < -0.4 is 16.8 Å². The van der Waals surface area contributed by atoms with Crippen LogP contribution in [0.3, 0.4) is 0 Å². The van der Waals surface area contributed by atoms with Crippen molar-refractivity contribution in [3.63, 3.8) is 0 Å². The van der Waals surface area contributed by atoms with Gasteiger partial charge in [0.1, 0.15) is 0 Å². The minimum Gasteiger partial charge on any atom is -0.399 e. The molecule has 5 heteroatoms. The van der Waals surface area contributed by atoms with Gasteiger partial charge in [-0.25, -0.2) is 0 Å². The van der Waals surface area contributed by atoms with E-state index >= 15 is 0 Å². The zero-order chi connectivity index (χ0) is 12.0. The molecule has 0 saturated heterocycles. The number of hydrogen-bond donors (Lipinski definition) is 3. The second kappa shape index (κ2) is 5.97. The van der Waals surface area contributed by atoms with E-state index in [0.717, 1.165) is 5.56 Å². The third-order valence-corrected chi connectivity index (χ3v) is 2.15. The summed E-state index contributed by atoms with van der Waals surface area (Å²) in [6.07, 6.45) is 0.260. The van der Waals surface area contributed by atoms with Crippen molar-refractivity contribution in [3.8, 4) is 0 Å². The minimum atomic E-state index is -0.0754. The maximum atomic E-state index is 11.5. The Hall–Kier alpha value is -1.75. The summed E-state index contributed by atoms with van der Waals surface area (Å²) >= 11 is 0. The van der Waals surface area contributed by atoms with Crippen LogP contribution in [0.2, 0.25) is 0 Å². The van der Waals surface area contributed by atoms with Crippen LogP contribution in [0.4, 0.5) is 11.4 Å². The first-order valence-electron chi connectivity index (χ1n) is 5.03. The lowest BCUT2D eigenvalue weighted by Gasteiger charge is -2.07. The van der Waals surface area contributed by atoms with Crippen LogP contribution in [0.5, 0.6) is 0 Å². The van der Waals surface area contributed by atoms with E-state index in [9.17, 15) is 4.79 Å². The molecule has 0 radical (unpaired) electrons. The van der Waals surface area contributed by atoms with Gasteiger partial charge in [-0.3, -0.25) is 4.79 Å². The highest BCUT2D eigenvalue weighted by atomic mass is 16.5. The Morgan fingerprint density at radius 2 is 2.19 bits per heavy atom. The highest BCUT2D eigenvalue weighted by molar-refractivity contribution is 5.80. The van der Waals surface area contributed by atoms with E-state index in [1.807, 2.05) is 0 Å². The van der Waals surface area contributed by atoms with Gasteiger partial charge in [0.2, 0.25) is 5.91 Å². The molecule has 1 rings (SSSR count). The molecule has 0 spiro atoms. The first-order chi connectivity index (χ1) is 7.63. The average Bonchev–Trinajstić information content (AvgIpc) is 2.23. The van der Waals surface area contributed by atoms with Gasteiger partial charge in [-0.2, -0.15) is 0 Å². The Morgan fingerprint density at radius 3 is 2.81 bits per heavy atom. The molecule has 1 aromatic carbocycles. The predicted molar refractivity (Wildman–Crippen MR) is 63.9 cm³/mol. The number of nitrogen functional groups attached to an aromatic ring is 2. The molecule has 0 aliphatic rings. The third kappa shape index (κ3) is 3.78. The number of benzene rings is 1. The third-order valence-electron chi connectivity index (χ3n) is 2.15. The van der Waals surface area contributed by atoms with Crippen LogP contribution in [0.1, 0.15) is 5.56 Å². The van der Waals surface area contributed by atoms with E-state index in [-0.39, 0.29) is 12.3 Å². The molecule has 16 heavy (non-hydrogen) atoms. The van der Waals surface area contributed by atoms with Crippen molar-refractivity contribution in [2.45, 2.75) is 6.42 Å². The number of nitrogens with one attached hydrogen (secondary N) is 1. The number of hydrogen-bond acceptors (Lipinski definition) is 4. The molecule has 0 saturated carbocycles. The Bertz CT molecular complexity index is 366. The Balaban J connectivity index is 2.49. The van der Waals surface area contributed by atoms with E-state index < -0.39 is 0 Å². The zero-order valence-electron chi connectivity index (χ0n) is 9.32. The van der Waals surface area contributed by atoms with Gasteiger partial charge in [-0.1, -0.05) is 6.07 Å². The van der Waals surface area contributed by atoms with Crippen molar-refractivity contribution in [3.05, 3.63) is 23.8 Å². The van der Waals surface area contributed by atoms with E-state index in [1.165, 1.54) is 0 Å². The summed E-state index contributed by atoms with van der Waals surface area (Å²) in [7, 11) is 1.59. The summed E-state index contributed by atoms with van der Waals surface area (Å²) in [5.41, 5.74) is 13.2. The molecular formula is C11H17N3O2. The second-order valence-corrected chi connectivity index (χ2v) is 3.48. The van der Waals surface area contributed by atoms with Gasteiger partial charge in [-0.05, 0) is 17.7 Å². The lowest BCUT2D eigenvalue weighted by molar-refractivity contribution is -0.120. The van der Waals surface area contributed by atoms with Gasteiger partial charge in [0.05, 0.1) is 13.0 Å². The number of methoxy groups -OCH3 is 1. The van der Waals surface area contributed by atoms with Gasteiger partial charge >= 0.3 is 0 Å². The summed E-state index contributed by atoms with van der Waals surface area (Å²) in [4.78, 5) is 11.5. The Labute approximate surface area is 94.8 Å². The molecule has 0 aromatic heterocycles. The second-order valence-electron chi connectivity index (χ2n) is 3.48. The van der Waals surface area contributed by atoms with Crippen molar-refractivity contribution in [2.75, 3.05) is 31.7 Å². The molecular weight excluding hydrogens is 206 g/mol. The van der Waals surface area contributed by atoms with Gasteiger partial charge in [0.15, 0.2) is 0 Å². The topological polar surface area (TPSA) is 90.4 Å². The quantitative estimate of drug-likeness (QED) is 0.490. The predicted octanol–water partition coefficient (Wildman–Crippen LogP) is 0.156. The maximum Gasteiger partial charge on any atom is 0.224 e. The molecule has 1 aromatic rings. The molecule has 5 N–H and O–H groups in total. The van der Waals surface area contributed by atoms with E-state index in [1.54, 1.807) is 25.3 Å². The number of ether oxygens (including phenoxy) is 1. The number of carbonyl (C=O) groups excluding carboxylic acids is 1. The summed E-state index contributed by atoms with van der Waals surface area (Å²) < 4.78 is 4.83. The number of carbonyl (C=O) groups is 1. The molecule has 0 unspecified atom stereocenters. The van der Waals surface area contributed by atoms with Crippen LogP contribution in [0.25, 0.3) is 0 Å². The minimum absolute atomic E-state index is 0.0754. The summed E-state index contributed by atoms with van der Waals surface area (Å²) in [6.45, 7) is 1.01. The normalized spacial score (nSPS) is 10.1. The lowest BCUT2D eigenvalue weighted by atomic mass is 10.1. The van der Waals surface area contributed by atoms with E-state index in [2.05, 4.69) is 5.32 Å². The standard InChI is InChI=1S/C11H17N3O2/c1-16-5-4-14-11(15)6-8-2-3-9(12)7-10(8)13/h2-3,7H,4-6,12-13H2,1H3,(H,14,15). The monoisotopic (exact) mass is 223 g/mol. The summed E-state index contributed by atoms with van der Waals surface area (Å²) in [5, 5.41) is 2.72. The fourth-order valence-electron chi connectivity index (χ4n) is 1.30. The van der Waals surface area contributed by atoms with E-state index in [0.29, 0.717) is 24.5 Å². The largest absolute Gasteiger partial charge is 0.399 e. The van der Waals surface area contributed by atoms with Crippen molar-refractivity contribution in [1.82, 2.24) is 5.32 Å². The van der Waals surface area contributed by atoms with Crippen LogP contribution >= 0.6 is 0 Å². The zero-order valence-corrected chi connectivity index (χ0v) is 9.32. The molecule has 0 heterocycles. The number of anilines is 2. The van der Waals surface area contributed by atoms with Crippen LogP contribution in [0.15, 0.2) is 18.2 Å². The SMILES string of the molecule is COCCNC(=O)Cc1ccc(N)cc1N. The van der Waals surface area contributed by atoms with Gasteiger partial charge in [0.25, 0.3) is 0 Å². The van der Waals surface area contributed by atoms with Crippen molar-refractivity contribution >= 4 is 17.3 Å². The number of nitrogens with two attached hydrogens (primary N) is 2. The molecule has 0 aliphatic carbocycles. The van der Waals surface area contributed by atoms with Gasteiger partial charge in [0, 0.05) is 25.0 Å². The van der Waals surface area contributed by atoms with Crippen LogP contribution in [-0.4, -0.2) is 26.2 Å². The number of amides is 1. The molecule has 1 amide bonds. The average molecular weight is 223 g/mol. The smallest absolute Gasteiger partial charge is 0.224 e. The highest BCUT2D eigenvalue weighted by Gasteiger charge is 2.05. The molecule has 0 bridgehead atoms. The fourth-order valence-corrected chi connectivity index (χ4v) is 1.30. The van der Waals surface area contributed by atoms with Gasteiger partial charge in [-0.15, -0.1) is 0 Å². The Morgan fingerprint density at radius 1 is 1.44 bits per heavy atom.